The standard InChI is InChI=1S/C31H31ClF5N2O3/c32-25-11-21(31(35,36)37)4-3-20(25)15-38-9-7-30(34,8-10-38)18-42-27-13-26(33)24(12-23(27)19-1-2-19)28(41)39-17-29(5-6-29)14-22(39)16-40/h3-4,11-13,19,22H,1-2,5-10,14-15,17-18H2/t22-/m0/s1. The summed E-state index contributed by atoms with van der Waals surface area (Å²) in [5.74, 6) is -0.974. The van der Waals surface area contributed by atoms with Crippen LogP contribution in [0, 0.1) is 11.2 Å². The second-order valence-electron chi connectivity index (χ2n) is 12.4. The minimum absolute atomic E-state index is 0.0124. The lowest BCUT2D eigenvalue weighted by Crippen LogP contribution is -2.44. The summed E-state index contributed by atoms with van der Waals surface area (Å²) in [6.45, 7) is 1.13. The van der Waals surface area contributed by atoms with Crippen molar-refractivity contribution in [3.05, 3.63) is 63.4 Å². The summed E-state index contributed by atoms with van der Waals surface area (Å²) >= 11 is 6.09. The maximum Gasteiger partial charge on any atom is 0.416 e. The first-order valence-corrected chi connectivity index (χ1v) is 14.7. The molecule has 6 rings (SSSR count). The van der Waals surface area contributed by atoms with Gasteiger partial charge < -0.3 is 9.64 Å². The zero-order chi connectivity index (χ0) is 29.9. The minimum Gasteiger partial charge on any atom is -0.490 e. The molecule has 0 N–H and O–H groups in total. The second-order valence-corrected chi connectivity index (χ2v) is 12.8. The molecule has 42 heavy (non-hydrogen) atoms. The smallest absolute Gasteiger partial charge is 0.416 e. The molecule has 1 radical (unpaired) electrons. The lowest BCUT2D eigenvalue weighted by molar-refractivity contribution is -0.137. The van der Waals surface area contributed by atoms with Gasteiger partial charge in [0.1, 0.15) is 23.8 Å². The Morgan fingerprint density at radius 1 is 1.10 bits per heavy atom. The molecule has 225 valence electrons. The third-order valence-corrected chi connectivity index (χ3v) is 9.57. The van der Waals surface area contributed by atoms with Crippen LogP contribution in [0.3, 0.4) is 0 Å². The lowest BCUT2D eigenvalue weighted by atomic mass is 9.93. The Morgan fingerprint density at radius 3 is 2.40 bits per heavy atom. The van der Waals surface area contributed by atoms with Crippen LogP contribution >= 0.6 is 11.6 Å². The fraction of sp³-hybridized carbons (Fsp3) is 0.548. The van der Waals surface area contributed by atoms with Crippen LogP contribution < -0.4 is 4.74 Å². The number of piperidine rings is 1. The van der Waals surface area contributed by atoms with Crippen molar-refractivity contribution < 1.29 is 36.3 Å². The largest absolute Gasteiger partial charge is 0.490 e. The predicted molar refractivity (Wildman–Crippen MR) is 145 cm³/mol. The van der Waals surface area contributed by atoms with E-state index in [1.807, 2.05) is 11.2 Å². The molecule has 11 heteroatoms. The quantitative estimate of drug-likeness (QED) is 0.307. The number of amides is 1. The summed E-state index contributed by atoms with van der Waals surface area (Å²) < 4.78 is 75.7. The Labute approximate surface area is 245 Å². The molecule has 4 aliphatic rings. The van der Waals surface area contributed by atoms with Crippen LogP contribution in [0.4, 0.5) is 22.0 Å². The van der Waals surface area contributed by atoms with Crippen molar-refractivity contribution in [1.29, 1.82) is 0 Å². The number of nitrogens with zero attached hydrogens (tertiary/aromatic N) is 2. The summed E-state index contributed by atoms with van der Waals surface area (Å²) in [6, 6.07) is 5.23. The molecule has 0 bridgehead atoms. The van der Waals surface area contributed by atoms with Gasteiger partial charge in [-0.15, -0.1) is 0 Å². The summed E-state index contributed by atoms with van der Waals surface area (Å²) in [5.41, 5.74) is -1.43. The molecule has 4 fully saturated rings. The molecule has 0 aromatic heterocycles. The summed E-state index contributed by atoms with van der Waals surface area (Å²) in [4.78, 5) is 28.2. The van der Waals surface area contributed by atoms with Crippen molar-refractivity contribution >= 4 is 23.8 Å². The van der Waals surface area contributed by atoms with Crippen LogP contribution in [0.5, 0.6) is 5.75 Å². The van der Waals surface area contributed by atoms with Gasteiger partial charge >= 0.3 is 6.18 Å². The Balaban J connectivity index is 1.09. The minimum atomic E-state index is -4.48. The predicted octanol–water partition coefficient (Wildman–Crippen LogP) is 6.86. The van der Waals surface area contributed by atoms with Crippen LogP contribution in [-0.2, 0) is 17.5 Å². The molecule has 2 aliphatic carbocycles. The topological polar surface area (TPSA) is 49.9 Å². The van der Waals surface area contributed by atoms with Crippen molar-refractivity contribution in [2.24, 2.45) is 5.41 Å². The molecule has 0 unspecified atom stereocenters. The first-order chi connectivity index (χ1) is 19.9. The van der Waals surface area contributed by atoms with E-state index in [2.05, 4.69) is 0 Å². The summed E-state index contributed by atoms with van der Waals surface area (Å²) in [6.07, 6.45) is 1.89. The fourth-order valence-corrected chi connectivity index (χ4v) is 6.44. The molecule has 1 atom stereocenters. The van der Waals surface area contributed by atoms with E-state index in [1.54, 1.807) is 0 Å². The van der Waals surface area contributed by atoms with E-state index >= 15 is 8.78 Å². The van der Waals surface area contributed by atoms with Gasteiger partial charge in [-0.1, -0.05) is 17.7 Å². The van der Waals surface area contributed by atoms with Crippen LogP contribution in [0.2, 0.25) is 5.02 Å². The van der Waals surface area contributed by atoms with Crippen LogP contribution in [0.1, 0.15) is 77.9 Å². The van der Waals surface area contributed by atoms with E-state index in [1.165, 1.54) is 17.0 Å². The summed E-state index contributed by atoms with van der Waals surface area (Å²) in [5, 5.41) is 0.0124. The zero-order valence-corrected chi connectivity index (χ0v) is 23.7. The van der Waals surface area contributed by atoms with Gasteiger partial charge in [0, 0.05) is 37.3 Å². The van der Waals surface area contributed by atoms with E-state index in [4.69, 9.17) is 16.3 Å². The normalized spacial score (nSPS) is 23.3. The monoisotopic (exact) mass is 609 g/mol. The molecule has 2 heterocycles. The highest BCUT2D eigenvalue weighted by Gasteiger charge is 2.54. The van der Waals surface area contributed by atoms with Crippen molar-refractivity contribution in [3.8, 4) is 5.75 Å². The zero-order valence-electron chi connectivity index (χ0n) is 22.9. The molecule has 1 amide bonds. The van der Waals surface area contributed by atoms with Gasteiger partial charge in [-0.25, -0.2) is 8.78 Å². The number of rotatable bonds is 8. The first-order valence-electron chi connectivity index (χ1n) is 14.3. The number of benzene rings is 2. The third-order valence-electron chi connectivity index (χ3n) is 9.22. The number of ether oxygens (including phenoxy) is 1. The molecule has 2 aliphatic heterocycles. The van der Waals surface area contributed by atoms with Gasteiger partial charge in [-0.05, 0) is 85.6 Å². The van der Waals surface area contributed by atoms with Crippen molar-refractivity contribution in [2.75, 3.05) is 26.2 Å². The molecule has 1 spiro atoms. The average Bonchev–Trinajstić information content (AvgIpc) is 3.87. The molecule has 2 saturated heterocycles. The Morgan fingerprint density at radius 2 is 1.81 bits per heavy atom. The maximum absolute atomic E-state index is 15.8. The van der Waals surface area contributed by atoms with Gasteiger partial charge in [0.15, 0.2) is 0 Å². The Hall–Kier alpha value is -2.72. The number of likely N-dealkylation sites (tertiary alicyclic amines) is 2. The molecule has 5 nitrogen and oxygen atoms in total. The summed E-state index contributed by atoms with van der Waals surface area (Å²) in [7, 11) is 0. The highest BCUT2D eigenvalue weighted by molar-refractivity contribution is 6.31. The molecular weight excluding hydrogens is 579 g/mol. The SMILES string of the molecule is O=[C][C@@H]1CC2(CC2)CN1C(=O)c1cc(C2CC2)c(OCC2(F)CCN(Cc3ccc(C(F)(F)F)cc3Cl)CC2)cc1F. The van der Waals surface area contributed by atoms with Gasteiger partial charge in [0.2, 0.25) is 6.29 Å². The molecule has 2 aromatic rings. The van der Waals surface area contributed by atoms with E-state index in [0.717, 1.165) is 43.9 Å². The Bertz CT molecular complexity index is 1380. The first kappa shape index (κ1) is 29.4. The van der Waals surface area contributed by atoms with Gasteiger partial charge in [-0.3, -0.25) is 14.5 Å². The van der Waals surface area contributed by atoms with Crippen molar-refractivity contribution in [3.63, 3.8) is 0 Å². The second kappa shape index (κ2) is 10.8. The van der Waals surface area contributed by atoms with Gasteiger partial charge in [0.05, 0.1) is 17.2 Å². The molecular formula is C31H31ClF5N2O3. The Kier molecular flexibility index (Phi) is 7.53. The van der Waals surface area contributed by atoms with E-state index in [9.17, 15) is 22.8 Å². The lowest BCUT2D eigenvalue weighted by Gasteiger charge is -2.36. The van der Waals surface area contributed by atoms with Crippen LogP contribution in [0.25, 0.3) is 0 Å². The average molecular weight is 610 g/mol. The molecule has 2 saturated carbocycles. The van der Waals surface area contributed by atoms with Crippen LogP contribution in [0.15, 0.2) is 30.3 Å². The van der Waals surface area contributed by atoms with Gasteiger partial charge in [-0.2, -0.15) is 13.2 Å². The molecule has 2 aromatic carbocycles. The number of halogens is 6. The van der Waals surface area contributed by atoms with Crippen molar-refractivity contribution in [2.45, 2.75) is 75.3 Å². The number of hydrogen-bond acceptors (Lipinski definition) is 4. The number of hydrogen-bond donors (Lipinski definition) is 0. The van der Waals surface area contributed by atoms with E-state index < -0.39 is 35.2 Å². The van der Waals surface area contributed by atoms with Gasteiger partial charge in [0.25, 0.3) is 5.91 Å². The number of carbonyl (C=O) groups excluding carboxylic acids is 2. The van der Waals surface area contributed by atoms with Crippen LogP contribution in [-0.4, -0.2) is 59.9 Å². The fourth-order valence-electron chi connectivity index (χ4n) is 6.20. The third kappa shape index (κ3) is 6.02. The maximum atomic E-state index is 15.8. The highest BCUT2D eigenvalue weighted by atomic mass is 35.5. The van der Waals surface area contributed by atoms with Crippen molar-refractivity contribution in [1.82, 2.24) is 9.80 Å². The number of carbonyl (C=O) groups is 1. The highest BCUT2D eigenvalue weighted by Crippen LogP contribution is 2.55. The van der Waals surface area contributed by atoms with E-state index in [-0.39, 0.29) is 47.1 Å². The number of alkyl halides is 4. The van der Waals surface area contributed by atoms with E-state index in [0.29, 0.717) is 43.7 Å².